The van der Waals surface area contributed by atoms with Gasteiger partial charge in [-0.1, -0.05) is 17.4 Å². The maximum absolute atomic E-state index is 11.2. The van der Waals surface area contributed by atoms with Crippen LogP contribution in [0.25, 0.3) is 4.96 Å². The van der Waals surface area contributed by atoms with Crippen LogP contribution in [0.3, 0.4) is 0 Å². The molecule has 5 rings (SSSR count). The van der Waals surface area contributed by atoms with Gasteiger partial charge in [0, 0.05) is 31.9 Å². The Kier molecular flexibility index (Phi) is 6.88. The molecule has 1 unspecified atom stereocenters. The van der Waals surface area contributed by atoms with Crippen LogP contribution in [0.1, 0.15) is 29.2 Å². The fourth-order valence-electron chi connectivity index (χ4n) is 4.71. The predicted molar refractivity (Wildman–Crippen MR) is 140 cm³/mol. The zero-order chi connectivity index (χ0) is 25.2. The number of aryl methyl sites for hydroxylation is 1. The third-order valence-corrected chi connectivity index (χ3v) is 7.55. The second-order valence-electron chi connectivity index (χ2n) is 8.61. The van der Waals surface area contributed by atoms with E-state index in [1.807, 2.05) is 38.1 Å². The summed E-state index contributed by atoms with van der Waals surface area (Å²) < 4.78 is 18.2. The molecule has 0 saturated carbocycles. The molecule has 9 nitrogen and oxygen atoms in total. The van der Waals surface area contributed by atoms with Crippen LogP contribution in [0.2, 0.25) is 0 Å². The summed E-state index contributed by atoms with van der Waals surface area (Å²) in [6.45, 7) is 7.69. The molecule has 36 heavy (non-hydrogen) atoms. The van der Waals surface area contributed by atoms with Crippen molar-refractivity contribution in [2.45, 2.75) is 19.9 Å². The van der Waals surface area contributed by atoms with Gasteiger partial charge in [0.15, 0.2) is 11.5 Å². The fourth-order valence-corrected chi connectivity index (χ4v) is 5.88. The van der Waals surface area contributed by atoms with Crippen LogP contribution < -0.4 is 19.1 Å². The molecule has 2 aromatic heterocycles. The topological polar surface area (TPSA) is 84.6 Å². The maximum atomic E-state index is 11.2. The lowest BCUT2D eigenvalue weighted by Gasteiger charge is -2.40. The Balaban J connectivity index is 1.48. The molecule has 1 aliphatic rings. The van der Waals surface area contributed by atoms with E-state index >= 15 is 0 Å². The average Bonchev–Trinajstić information content (AvgIpc) is 3.42. The Hall–Kier alpha value is -3.50. The van der Waals surface area contributed by atoms with Crippen LogP contribution in [0.5, 0.6) is 23.1 Å². The van der Waals surface area contributed by atoms with Crippen LogP contribution in [-0.4, -0.2) is 71.6 Å². The molecule has 4 aromatic rings. The zero-order valence-corrected chi connectivity index (χ0v) is 21.8. The number of thiazole rings is 1. The van der Waals surface area contributed by atoms with Gasteiger partial charge in [-0.25, -0.2) is 4.98 Å². The average molecular weight is 510 g/mol. The van der Waals surface area contributed by atoms with Gasteiger partial charge in [-0.05, 0) is 55.8 Å². The van der Waals surface area contributed by atoms with Crippen molar-refractivity contribution >= 4 is 22.0 Å². The van der Waals surface area contributed by atoms with Gasteiger partial charge in [0.2, 0.25) is 10.8 Å². The lowest BCUT2D eigenvalue weighted by atomic mass is 10.0. The molecule has 1 N–H and O–H groups in total. The summed E-state index contributed by atoms with van der Waals surface area (Å²) in [6, 6.07) is 14.0. The molecule has 0 radical (unpaired) electrons. The van der Waals surface area contributed by atoms with E-state index < -0.39 is 0 Å². The second kappa shape index (κ2) is 10.2. The van der Waals surface area contributed by atoms with Gasteiger partial charge >= 0.3 is 0 Å². The maximum Gasteiger partial charge on any atom is 0.230 e. The molecule has 1 atom stereocenters. The molecule has 0 spiro atoms. The van der Waals surface area contributed by atoms with Crippen molar-refractivity contribution in [3.63, 3.8) is 0 Å². The number of aromatic nitrogens is 3. The van der Waals surface area contributed by atoms with Crippen molar-refractivity contribution in [1.29, 1.82) is 0 Å². The Morgan fingerprint density at radius 2 is 1.75 bits per heavy atom. The third-order valence-electron chi connectivity index (χ3n) is 6.47. The normalized spacial score (nSPS) is 15.3. The van der Waals surface area contributed by atoms with Gasteiger partial charge in [-0.2, -0.15) is 4.52 Å². The summed E-state index contributed by atoms with van der Waals surface area (Å²) in [5, 5.41) is 15.6. The van der Waals surface area contributed by atoms with Gasteiger partial charge in [0.05, 0.1) is 31.7 Å². The molecule has 2 aromatic carbocycles. The summed E-state index contributed by atoms with van der Waals surface area (Å²) in [5.74, 6) is 2.99. The molecule has 1 fully saturated rings. The third kappa shape index (κ3) is 4.54. The van der Waals surface area contributed by atoms with Crippen LogP contribution in [-0.2, 0) is 0 Å². The molecular weight excluding hydrogens is 478 g/mol. The molecule has 0 aliphatic carbocycles. The highest BCUT2D eigenvalue weighted by atomic mass is 32.1. The van der Waals surface area contributed by atoms with Gasteiger partial charge in [0.1, 0.15) is 11.6 Å². The molecular formula is C26H31N5O4S. The van der Waals surface area contributed by atoms with Crippen LogP contribution in [0.4, 0.5) is 5.69 Å². The summed E-state index contributed by atoms with van der Waals surface area (Å²) in [5.41, 5.74) is 2.19. The van der Waals surface area contributed by atoms with E-state index in [1.165, 1.54) is 21.5 Å². The fraction of sp³-hybridized carbons (Fsp3) is 0.385. The number of methoxy groups -OCH3 is 2. The quantitative estimate of drug-likeness (QED) is 0.380. The number of hydrogen-bond donors (Lipinski definition) is 1. The van der Waals surface area contributed by atoms with Crippen molar-refractivity contribution < 1.29 is 19.3 Å². The number of piperazine rings is 1. The summed E-state index contributed by atoms with van der Waals surface area (Å²) in [7, 11) is 3.32. The smallest absolute Gasteiger partial charge is 0.230 e. The molecule has 1 saturated heterocycles. The Bertz CT molecular complexity index is 1330. The number of hydrogen-bond acceptors (Lipinski definition) is 9. The largest absolute Gasteiger partial charge is 0.497 e. The first-order chi connectivity index (χ1) is 17.5. The number of aromatic hydroxyl groups is 1. The highest BCUT2D eigenvalue weighted by Gasteiger charge is 2.32. The van der Waals surface area contributed by atoms with Crippen molar-refractivity contribution in [3.8, 4) is 23.1 Å². The summed E-state index contributed by atoms with van der Waals surface area (Å²) in [4.78, 5) is 10.7. The van der Waals surface area contributed by atoms with E-state index in [4.69, 9.17) is 14.2 Å². The number of nitrogens with zero attached hydrogens (tertiary/aromatic N) is 5. The highest BCUT2D eigenvalue weighted by Crippen LogP contribution is 2.42. The SMILES string of the molecule is CCOc1ccc(C(c2sc3nc(C)nn3c2O)N2CCN(c3ccc(OC)cc3)CC2)cc1OC. The van der Waals surface area contributed by atoms with Gasteiger partial charge in [-0.3, -0.25) is 4.90 Å². The van der Waals surface area contributed by atoms with E-state index in [2.05, 4.69) is 38.1 Å². The van der Waals surface area contributed by atoms with Crippen molar-refractivity contribution in [3.05, 3.63) is 58.7 Å². The minimum Gasteiger partial charge on any atom is -0.497 e. The first-order valence-corrected chi connectivity index (χ1v) is 12.8. The minimum atomic E-state index is -0.179. The molecule has 1 aliphatic heterocycles. The van der Waals surface area contributed by atoms with E-state index in [1.54, 1.807) is 14.2 Å². The van der Waals surface area contributed by atoms with Crippen molar-refractivity contribution in [2.75, 3.05) is 51.9 Å². The lowest BCUT2D eigenvalue weighted by molar-refractivity contribution is 0.210. The number of rotatable bonds is 8. The first-order valence-electron chi connectivity index (χ1n) is 12.0. The zero-order valence-electron chi connectivity index (χ0n) is 21.0. The monoisotopic (exact) mass is 509 g/mol. The van der Waals surface area contributed by atoms with E-state index in [9.17, 15) is 5.11 Å². The van der Waals surface area contributed by atoms with Gasteiger partial charge in [0.25, 0.3) is 0 Å². The van der Waals surface area contributed by atoms with Gasteiger partial charge < -0.3 is 24.2 Å². The minimum absolute atomic E-state index is 0.131. The highest BCUT2D eigenvalue weighted by molar-refractivity contribution is 7.17. The van der Waals surface area contributed by atoms with Gasteiger partial charge in [-0.15, -0.1) is 5.10 Å². The number of anilines is 1. The number of ether oxygens (including phenoxy) is 3. The van der Waals surface area contributed by atoms with Crippen LogP contribution in [0, 0.1) is 6.92 Å². The van der Waals surface area contributed by atoms with E-state index in [-0.39, 0.29) is 11.9 Å². The second-order valence-corrected chi connectivity index (χ2v) is 9.62. The lowest BCUT2D eigenvalue weighted by Crippen LogP contribution is -2.47. The number of fused-ring (bicyclic) bond motifs is 1. The predicted octanol–water partition coefficient (Wildman–Crippen LogP) is 4.13. The molecule has 3 heterocycles. The molecule has 0 amide bonds. The molecule has 10 heteroatoms. The summed E-state index contributed by atoms with van der Waals surface area (Å²) in [6.07, 6.45) is 0. The van der Waals surface area contributed by atoms with Crippen molar-refractivity contribution in [1.82, 2.24) is 19.5 Å². The Morgan fingerprint density at radius 1 is 1.00 bits per heavy atom. The van der Waals surface area contributed by atoms with E-state index in [0.29, 0.717) is 28.9 Å². The Morgan fingerprint density at radius 3 is 2.39 bits per heavy atom. The number of benzene rings is 2. The standard InChI is InChI=1S/C26H31N5O4S/c1-5-35-21-11-6-18(16-22(21)34-4)23(24-25(32)31-26(36-24)27-17(2)28-31)30-14-12-29(13-15-30)19-7-9-20(33-3)10-8-19/h6-11,16,23,32H,5,12-15H2,1-4H3. The molecule has 190 valence electrons. The first kappa shape index (κ1) is 24.2. The summed E-state index contributed by atoms with van der Waals surface area (Å²) >= 11 is 1.47. The van der Waals surface area contributed by atoms with Crippen molar-refractivity contribution in [2.24, 2.45) is 0 Å². The van der Waals surface area contributed by atoms with Crippen LogP contribution >= 0.6 is 11.3 Å². The van der Waals surface area contributed by atoms with Crippen LogP contribution in [0.15, 0.2) is 42.5 Å². The van der Waals surface area contributed by atoms with E-state index in [0.717, 1.165) is 42.4 Å². The molecule has 0 bridgehead atoms. The Labute approximate surface area is 214 Å².